The number of halogens is 3. The summed E-state index contributed by atoms with van der Waals surface area (Å²) in [6.45, 7) is 0. The van der Waals surface area contributed by atoms with E-state index in [-0.39, 0.29) is 11.6 Å². The maximum Gasteiger partial charge on any atom is 0.416 e. The second-order valence-corrected chi connectivity index (χ2v) is 3.86. The predicted octanol–water partition coefficient (Wildman–Crippen LogP) is 1.63. The Balaban J connectivity index is 2.63. The molecule has 2 aromatic rings. The minimum atomic E-state index is -4.46. The van der Waals surface area contributed by atoms with Crippen LogP contribution in [0.4, 0.5) is 19.1 Å². The van der Waals surface area contributed by atoms with Gasteiger partial charge in [0.05, 0.1) is 11.3 Å². The molecule has 8 heteroatoms. The molecule has 0 aliphatic heterocycles. The van der Waals surface area contributed by atoms with Crippen LogP contribution in [-0.4, -0.2) is 21.4 Å². The van der Waals surface area contributed by atoms with Crippen molar-refractivity contribution in [1.29, 1.82) is 0 Å². The Morgan fingerprint density at radius 3 is 2.58 bits per heavy atom. The summed E-state index contributed by atoms with van der Waals surface area (Å²) in [5.41, 5.74) is -1.23. The molecule has 0 saturated heterocycles. The van der Waals surface area contributed by atoms with Gasteiger partial charge >= 0.3 is 11.9 Å². The lowest BCUT2D eigenvalue weighted by atomic mass is 10.2. The van der Waals surface area contributed by atoms with E-state index in [9.17, 15) is 18.0 Å². The SMILES string of the molecule is CNc1nn(C)c(=O)n1-c1cccc(C(F)(F)F)c1. The number of anilines is 1. The van der Waals surface area contributed by atoms with Gasteiger partial charge in [-0.05, 0) is 18.2 Å². The van der Waals surface area contributed by atoms with Crippen molar-refractivity contribution in [1.82, 2.24) is 14.3 Å². The molecule has 1 aromatic heterocycles. The molecule has 0 atom stereocenters. The van der Waals surface area contributed by atoms with E-state index in [4.69, 9.17) is 0 Å². The minimum absolute atomic E-state index is 0.109. The highest BCUT2D eigenvalue weighted by atomic mass is 19.4. The van der Waals surface area contributed by atoms with Gasteiger partial charge in [0.2, 0.25) is 5.95 Å². The molecule has 1 N–H and O–H groups in total. The van der Waals surface area contributed by atoms with E-state index in [1.165, 1.54) is 26.2 Å². The summed E-state index contributed by atoms with van der Waals surface area (Å²) < 4.78 is 40.1. The zero-order valence-corrected chi connectivity index (χ0v) is 10.2. The Morgan fingerprint density at radius 2 is 2.00 bits per heavy atom. The van der Waals surface area contributed by atoms with Gasteiger partial charge in [0.1, 0.15) is 0 Å². The molecule has 0 saturated carbocycles. The average molecular weight is 272 g/mol. The number of benzene rings is 1. The predicted molar refractivity (Wildman–Crippen MR) is 63.4 cm³/mol. The van der Waals surface area contributed by atoms with Crippen LogP contribution in [0, 0.1) is 0 Å². The number of hydrogen-bond acceptors (Lipinski definition) is 3. The first-order chi connectivity index (χ1) is 8.84. The summed E-state index contributed by atoms with van der Waals surface area (Å²) in [6.07, 6.45) is -4.46. The van der Waals surface area contributed by atoms with Crippen LogP contribution in [0.25, 0.3) is 5.69 Å². The van der Waals surface area contributed by atoms with E-state index < -0.39 is 17.4 Å². The van der Waals surface area contributed by atoms with Crippen LogP contribution >= 0.6 is 0 Å². The third kappa shape index (κ3) is 2.33. The molecule has 0 bridgehead atoms. The van der Waals surface area contributed by atoms with E-state index in [0.29, 0.717) is 0 Å². The number of nitrogens with one attached hydrogen (secondary N) is 1. The van der Waals surface area contributed by atoms with Crippen molar-refractivity contribution in [3.8, 4) is 5.69 Å². The smallest absolute Gasteiger partial charge is 0.357 e. The molecule has 5 nitrogen and oxygen atoms in total. The second-order valence-electron chi connectivity index (χ2n) is 3.86. The second kappa shape index (κ2) is 4.45. The number of nitrogens with zero attached hydrogens (tertiary/aromatic N) is 3. The van der Waals surface area contributed by atoms with Gasteiger partial charge < -0.3 is 5.32 Å². The highest BCUT2D eigenvalue weighted by Crippen LogP contribution is 2.30. The van der Waals surface area contributed by atoms with Crippen LogP contribution in [0.3, 0.4) is 0 Å². The maximum absolute atomic E-state index is 12.6. The molecule has 0 radical (unpaired) electrons. The average Bonchev–Trinajstić information content (AvgIpc) is 2.64. The largest absolute Gasteiger partial charge is 0.416 e. The number of aryl methyl sites for hydroxylation is 1. The van der Waals surface area contributed by atoms with Crippen molar-refractivity contribution >= 4 is 5.95 Å². The third-order valence-electron chi connectivity index (χ3n) is 2.58. The van der Waals surface area contributed by atoms with Crippen molar-refractivity contribution < 1.29 is 13.2 Å². The fraction of sp³-hybridized carbons (Fsp3) is 0.273. The molecule has 102 valence electrons. The van der Waals surface area contributed by atoms with Crippen LogP contribution in [0.2, 0.25) is 0 Å². The first-order valence-electron chi connectivity index (χ1n) is 5.36. The van der Waals surface area contributed by atoms with Gasteiger partial charge in [-0.25, -0.2) is 14.0 Å². The van der Waals surface area contributed by atoms with E-state index >= 15 is 0 Å². The van der Waals surface area contributed by atoms with Crippen molar-refractivity contribution in [2.75, 3.05) is 12.4 Å². The molecule has 1 aromatic carbocycles. The van der Waals surface area contributed by atoms with Crippen LogP contribution in [-0.2, 0) is 13.2 Å². The molecular formula is C11H11F3N4O. The standard InChI is InChI=1S/C11H11F3N4O/c1-15-9-16-17(2)10(19)18(9)8-5-3-4-7(6-8)11(12,13)14/h3-6H,1-2H3,(H,15,16). The van der Waals surface area contributed by atoms with Crippen molar-refractivity contribution in [2.45, 2.75) is 6.18 Å². The molecule has 1 heterocycles. The molecule has 0 aliphatic carbocycles. The van der Waals surface area contributed by atoms with Gasteiger partial charge in [-0.3, -0.25) is 0 Å². The monoisotopic (exact) mass is 272 g/mol. The topological polar surface area (TPSA) is 51.9 Å². The summed E-state index contributed by atoms with van der Waals surface area (Å²) in [5, 5.41) is 6.54. The van der Waals surface area contributed by atoms with Gasteiger partial charge in [-0.2, -0.15) is 13.2 Å². The fourth-order valence-corrected chi connectivity index (χ4v) is 1.68. The Kier molecular flexibility index (Phi) is 3.09. The van der Waals surface area contributed by atoms with Crippen LogP contribution in [0.5, 0.6) is 0 Å². The summed E-state index contributed by atoms with van der Waals surface area (Å²) in [4.78, 5) is 11.9. The Bertz CT molecular complexity index is 657. The molecular weight excluding hydrogens is 261 g/mol. The minimum Gasteiger partial charge on any atom is -0.357 e. The van der Waals surface area contributed by atoms with Crippen LogP contribution in [0.1, 0.15) is 5.56 Å². The Morgan fingerprint density at radius 1 is 1.32 bits per heavy atom. The lowest BCUT2D eigenvalue weighted by Crippen LogP contribution is -2.22. The van der Waals surface area contributed by atoms with E-state index in [2.05, 4.69) is 10.4 Å². The first kappa shape index (κ1) is 13.2. The van der Waals surface area contributed by atoms with Gasteiger partial charge in [0.25, 0.3) is 0 Å². The van der Waals surface area contributed by atoms with Gasteiger partial charge in [0, 0.05) is 14.1 Å². The lowest BCUT2D eigenvalue weighted by molar-refractivity contribution is -0.137. The number of hydrogen-bond donors (Lipinski definition) is 1. The maximum atomic E-state index is 12.6. The number of aromatic nitrogens is 3. The van der Waals surface area contributed by atoms with E-state index in [1.807, 2.05) is 0 Å². The Labute approximate surface area is 106 Å². The number of alkyl halides is 3. The molecule has 19 heavy (non-hydrogen) atoms. The number of rotatable bonds is 2. The lowest BCUT2D eigenvalue weighted by Gasteiger charge is -2.09. The quantitative estimate of drug-likeness (QED) is 0.904. The fourth-order valence-electron chi connectivity index (χ4n) is 1.68. The van der Waals surface area contributed by atoms with Crippen molar-refractivity contribution in [3.63, 3.8) is 0 Å². The molecule has 2 rings (SSSR count). The summed E-state index contributed by atoms with van der Waals surface area (Å²) in [6, 6.07) is 4.52. The van der Waals surface area contributed by atoms with Crippen molar-refractivity contribution in [3.05, 3.63) is 40.3 Å². The zero-order valence-electron chi connectivity index (χ0n) is 10.2. The van der Waals surface area contributed by atoms with Crippen LogP contribution in [0.15, 0.2) is 29.1 Å². The summed E-state index contributed by atoms with van der Waals surface area (Å²) in [7, 11) is 2.96. The molecule has 0 spiro atoms. The van der Waals surface area contributed by atoms with Crippen molar-refractivity contribution in [2.24, 2.45) is 7.05 Å². The molecule has 0 unspecified atom stereocenters. The van der Waals surface area contributed by atoms with E-state index in [1.54, 1.807) is 0 Å². The summed E-state index contributed by atoms with van der Waals surface area (Å²) >= 11 is 0. The Hall–Kier alpha value is -2.25. The van der Waals surface area contributed by atoms with Gasteiger partial charge in [0.15, 0.2) is 0 Å². The van der Waals surface area contributed by atoms with Gasteiger partial charge in [-0.15, -0.1) is 5.10 Å². The van der Waals surface area contributed by atoms with Crippen LogP contribution < -0.4 is 11.0 Å². The van der Waals surface area contributed by atoms with Gasteiger partial charge in [-0.1, -0.05) is 6.07 Å². The first-order valence-corrected chi connectivity index (χ1v) is 5.36. The normalized spacial score (nSPS) is 11.6. The molecule has 0 aliphatic rings. The highest BCUT2D eigenvalue weighted by Gasteiger charge is 2.30. The molecule has 0 amide bonds. The zero-order chi connectivity index (χ0) is 14.2. The third-order valence-corrected chi connectivity index (χ3v) is 2.58. The van der Waals surface area contributed by atoms with E-state index in [0.717, 1.165) is 21.4 Å². The highest BCUT2D eigenvalue weighted by molar-refractivity contribution is 5.43. The summed E-state index contributed by atoms with van der Waals surface area (Å²) in [5.74, 6) is 0.173. The molecule has 0 fully saturated rings.